The number of rotatable bonds is 30. The molecule has 150 heavy (non-hydrogen) atoms. The normalized spacial score (nSPS) is 12.3. The lowest BCUT2D eigenvalue weighted by molar-refractivity contribution is 0.174. The van der Waals surface area contributed by atoms with E-state index >= 15 is 0 Å². The van der Waals surface area contributed by atoms with Crippen molar-refractivity contribution in [1.82, 2.24) is 0 Å². The maximum atomic E-state index is 13.4. The number of nitrogens with zero attached hydrogens (tertiary/aromatic N) is 5. The van der Waals surface area contributed by atoms with Crippen LogP contribution in [0.25, 0.3) is 0 Å². The highest BCUT2D eigenvalue weighted by molar-refractivity contribution is 8.07. The van der Waals surface area contributed by atoms with E-state index in [1.807, 2.05) is 26.0 Å². The van der Waals surface area contributed by atoms with Gasteiger partial charge in [0.1, 0.15) is 51.8 Å². The Hall–Kier alpha value is -12.1. The van der Waals surface area contributed by atoms with Gasteiger partial charge in [0.15, 0.2) is 11.5 Å². The van der Waals surface area contributed by atoms with Gasteiger partial charge in [-0.2, -0.15) is 126 Å². The molecule has 1 aliphatic heterocycles. The molecule has 0 unspecified atom stereocenters. The highest BCUT2D eigenvalue weighted by atomic mass is 32.3. The Kier molecular flexibility index (Phi) is 49.8. The number of benzene rings is 10. The Morgan fingerprint density at radius 1 is 0.293 bits per heavy atom. The molecule has 0 atom stereocenters. The minimum Gasteiger partial charge on any atom is -0.508 e. The van der Waals surface area contributed by atoms with Gasteiger partial charge in [-0.3, -0.25) is 0 Å². The predicted octanol–water partition coefficient (Wildman–Crippen LogP) is 15.0. The van der Waals surface area contributed by atoms with E-state index in [4.69, 9.17) is 30.5 Å². The van der Waals surface area contributed by atoms with Crippen LogP contribution in [0.15, 0.2) is 243 Å². The molecule has 1 N–H and O–H groups in total. The quantitative estimate of drug-likeness (QED) is 0.0248. The van der Waals surface area contributed by atoms with Crippen LogP contribution in [-0.2, 0) is 184 Å². The molecule has 1 heterocycles. The van der Waals surface area contributed by atoms with Crippen LogP contribution in [-0.4, -0.2) is 152 Å². The van der Waals surface area contributed by atoms with Crippen LogP contribution in [0.4, 0.5) is 91.1 Å². The lowest BCUT2D eigenvalue weighted by atomic mass is 9.93. The first-order chi connectivity index (χ1) is 68.0. The number of methoxy groups -OCH3 is 2. The number of phenols is 1. The first kappa shape index (κ1) is 134. The zero-order chi connectivity index (χ0) is 116. The van der Waals surface area contributed by atoms with E-state index in [1.165, 1.54) is 93.1 Å². The molecule has 0 aromatic heterocycles. The third-order valence-electron chi connectivity index (χ3n) is 16.7. The van der Waals surface area contributed by atoms with Gasteiger partial charge in [-0.25, -0.2) is 4.39 Å². The van der Waals surface area contributed by atoms with Crippen LogP contribution in [0.5, 0.6) is 28.7 Å². The fraction of sp³-hybridized carbons (Fsp3) is 0.215. The number of terminal acetylenes is 1. The van der Waals surface area contributed by atoms with Gasteiger partial charge in [0.05, 0.1) is 42.7 Å². The number of aromatic hydroxyl groups is 1. The van der Waals surface area contributed by atoms with Crippen LogP contribution in [0, 0.1) is 18.2 Å². The number of anilines is 5. The monoisotopic (exact) mass is 2440 g/mol. The third-order valence-corrected chi connectivity index (χ3v) is 31.5. The van der Waals surface area contributed by atoms with Gasteiger partial charge in [0, 0.05) is 11.6 Å². The van der Waals surface area contributed by atoms with E-state index in [9.17, 15) is 189 Å². The highest BCUT2D eigenvalue weighted by Gasteiger charge is 2.41. The van der Waals surface area contributed by atoms with Gasteiger partial charge in [-0.1, -0.05) is 220 Å². The number of ether oxygens (including phenoxy) is 4. The number of halogens is 16. The summed E-state index contributed by atoms with van der Waals surface area (Å²) in [4.78, 5) is 0. The molecule has 0 aliphatic carbocycles. The van der Waals surface area contributed by atoms with E-state index in [0.29, 0.717) is 56.9 Å². The van der Waals surface area contributed by atoms with Crippen molar-refractivity contribution in [3.63, 3.8) is 0 Å². The summed E-state index contributed by atoms with van der Waals surface area (Å²) in [6.45, 7) is 10.6. The maximum Gasteiger partial charge on any atom is 0.414 e. The molecule has 0 radical (unpaired) electrons. The summed E-state index contributed by atoms with van der Waals surface area (Å²) in [7, 11) is -77.2. The van der Waals surface area contributed by atoms with Gasteiger partial charge < -0.3 is 24.1 Å². The number of hydrogen-bond donors (Lipinski definition) is 1. The van der Waals surface area contributed by atoms with Crippen molar-refractivity contribution in [3.8, 4) is 41.1 Å². The standard InChI is InChI=1S/C12H17F2NO4S2.C10H13FO2S.C8H5F2NO4S2.2C8H9FO3S.C7H5F2NO6S2.C7H7FO3S.C7H7FO2S.C6H4F3NO4S2.C6H5F2NO4S2/c1-8(2)10-6-5-7-11(9(3)4)12(10)15(20(13,16)17)21(14,18)19;1-8(2)10-5-3-9(4-6-10)7-14(11,12)13;1-2-7-3-5-8(6-4-7)11(16(9,12)13)17(10,14)15;1-12-8-4-2-7(3-5-8)6-13(9,10)11;1-12-8-4-2-3-7(5-8)6-13(9,10)11;8-17(11,12)10(18(9,13)14)5-1-2-6-7(3-5)16-4-15-6;8-12(10,11)5-6-1-3-7(9)4-2-6;8-11(9,10)6-7-4-2-1-3-5-7;7-5-2-1-3-6(4-5)10(15(8,11)12)16(9,13)14;7-14(10,11)9(15(8,12)13)6-4-2-1-3-5-6/h5-9H,1-4H3;3-6,8H,7H2,1-2H3;1,3-6H;2*2-5H,6H2,1H3;1-3H,4H2;1-4,9H,5H2;1-5H,6H2;1-4H;1-5H. The van der Waals surface area contributed by atoms with Gasteiger partial charge in [0.2, 0.25) is 6.79 Å². The van der Waals surface area contributed by atoms with Crippen LogP contribution >= 0.6 is 0 Å². The molecule has 0 saturated carbocycles. The Labute approximate surface area is 857 Å². The molecule has 0 spiro atoms. The minimum absolute atomic E-state index is 0.0232. The van der Waals surface area contributed by atoms with E-state index in [-0.39, 0.29) is 47.0 Å². The van der Waals surface area contributed by atoms with Crippen LogP contribution in [0.3, 0.4) is 0 Å². The summed E-state index contributed by atoms with van der Waals surface area (Å²) in [6.07, 6.45) is 5.00. The molecule has 1 aliphatic rings. The summed E-state index contributed by atoms with van der Waals surface area (Å²) >= 11 is 0. The summed E-state index contributed by atoms with van der Waals surface area (Å²) in [6, 6.07) is 52.8. The summed E-state index contributed by atoms with van der Waals surface area (Å²) in [5.74, 6) is -0.727. The minimum atomic E-state index is -5.89. The molecule has 0 bridgehead atoms. The number of para-hydroxylation sites is 2. The zero-order valence-electron chi connectivity index (χ0n) is 76.9. The Bertz CT molecular complexity index is 8020. The van der Waals surface area contributed by atoms with Crippen molar-refractivity contribution in [2.24, 2.45) is 0 Å². The lowest BCUT2D eigenvalue weighted by Crippen LogP contribution is -2.33. The van der Waals surface area contributed by atoms with Crippen LogP contribution in [0.2, 0.25) is 0 Å². The second kappa shape index (κ2) is 55.8. The van der Waals surface area contributed by atoms with Crippen molar-refractivity contribution < 1.29 is 213 Å². The Morgan fingerprint density at radius 2 is 0.580 bits per heavy atom. The zero-order valence-corrected chi connectivity index (χ0v) is 89.1. The van der Waals surface area contributed by atoms with Gasteiger partial charge >= 0.3 is 155 Å². The first-order valence-corrected chi connectivity index (χ1v) is 60.4. The highest BCUT2D eigenvalue weighted by Crippen LogP contribution is 2.41. The molecule has 40 nitrogen and oxygen atoms in total. The van der Waals surface area contributed by atoms with E-state index in [1.54, 1.807) is 100 Å². The largest absolute Gasteiger partial charge is 0.508 e. The second-order valence-corrected chi connectivity index (χ2v) is 49.1. The van der Waals surface area contributed by atoms with Crippen molar-refractivity contribution >= 4 is 184 Å². The van der Waals surface area contributed by atoms with Crippen molar-refractivity contribution in [2.45, 2.75) is 88.1 Å². The van der Waals surface area contributed by atoms with Crippen LogP contribution in [0.1, 0.15) is 109 Å². The molecule has 834 valence electrons. The average molecular weight is 2450 g/mol. The fourth-order valence-corrected chi connectivity index (χ4v) is 21.9. The van der Waals surface area contributed by atoms with Crippen molar-refractivity contribution in [1.29, 1.82) is 0 Å². The average Bonchev–Trinajstić information content (AvgIpc) is 0.843. The molecular weight excluding hydrogens is 2360 g/mol. The number of phenolic OH excluding ortho intramolecular Hbond substituents is 1. The summed E-state index contributed by atoms with van der Waals surface area (Å²) in [5.41, 5.74) is 0.323. The van der Waals surface area contributed by atoms with Crippen molar-refractivity contribution in [2.75, 3.05) is 39.6 Å². The molecule has 71 heteroatoms. The van der Waals surface area contributed by atoms with E-state index in [2.05, 4.69) is 5.92 Å². The molecule has 11 rings (SSSR count). The van der Waals surface area contributed by atoms with Gasteiger partial charge in [-0.15, -0.1) is 44.4 Å². The smallest absolute Gasteiger partial charge is 0.414 e. The fourth-order valence-electron chi connectivity index (χ4n) is 10.9. The first-order valence-electron chi connectivity index (χ1n) is 39.2. The molecule has 0 amide bonds. The molecular formula is C79H81F16N5O35S15. The Balaban J connectivity index is 0.000000566. The molecule has 0 saturated heterocycles. The topological polar surface area (TPSA) is 585 Å². The number of hydrogen-bond acceptors (Lipinski definition) is 35. The van der Waals surface area contributed by atoms with Crippen LogP contribution < -0.4 is 37.5 Å². The third kappa shape index (κ3) is 51.1. The predicted molar refractivity (Wildman–Crippen MR) is 517 cm³/mol. The van der Waals surface area contributed by atoms with Gasteiger partial charge in [-0.05, 0) is 165 Å². The molecule has 10 aromatic rings. The Morgan fingerprint density at radius 3 is 0.913 bits per heavy atom. The summed E-state index contributed by atoms with van der Waals surface area (Å²) < 4.78 is 531. The summed E-state index contributed by atoms with van der Waals surface area (Å²) in [5, 5.41) is 8.81. The molecule has 10 aromatic carbocycles. The van der Waals surface area contributed by atoms with E-state index < -0.39 is 237 Å². The SMILES string of the molecule is C#Cc1ccc(N(S(=O)(=O)F)S(=O)(=O)F)cc1.CC(C)c1ccc(CS(=O)(=O)F)cc1.CC(C)c1cccc(C(C)C)c1N(S(=O)(=O)F)S(=O)(=O)F.COc1ccc(CS(=O)(=O)F)cc1.COc1cccc(CS(=O)(=O)F)c1.O=S(=O)(F)Cc1ccc(O)cc1.O=S(=O)(F)Cc1ccccc1.O=S(=O)(F)N(c1ccc2c(c1)OCO2)S(=O)(=O)F.O=S(=O)(F)N(c1cccc(F)c1)S(=O)(=O)F.O=S(=O)(F)N(c1ccccc1)S(=O)(=O)F. The number of fused-ring (bicyclic) bond motifs is 1. The molecule has 0 fully saturated rings. The van der Waals surface area contributed by atoms with Gasteiger partial charge in [0.25, 0.3) is 0 Å². The maximum absolute atomic E-state index is 13.4. The second-order valence-electron chi connectivity index (χ2n) is 29.2. The lowest BCUT2D eigenvalue weighted by Gasteiger charge is -2.24. The van der Waals surface area contributed by atoms with E-state index in [0.717, 1.165) is 78.4 Å². The van der Waals surface area contributed by atoms with Crippen molar-refractivity contribution in [3.05, 3.63) is 299 Å².